The van der Waals surface area contributed by atoms with Crippen molar-refractivity contribution in [1.82, 2.24) is 19.5 Å². The summed E-state index contributed by atoms with van der Waals surface area (Å²) in [5.41, 5.74) is 5.81. The van der Waals surface area contributed by atoms with E-state index >= 15 is 0 Å². The first kappa shape index (κ1) is 20.2. The lowest BCUT2D eigenvalue weighted by molar-refractivity contribution is -0.0492. The fourth-order valence-electron chi connectivity index (χ4n) is 3.18. The molecule has 1 aliphatic heterocycles. The van der Waals surface area contributed by atoms with E-state index in [1.54, 1.807) is 0 Å². The van der Waals surface area contributed by atoms with Crippen LogP contribution in [-0.4, -0.2) is 63.7 Å². The molecule has 27 heavy (non-hydrogen) atoms. The second-order valence-electron chi connectivity index (χ2n) is 5.90. The van der Waals surface area contributed by atoms with Gasteiger partial charge >= 0.3 is 15.4 Å². The number of anilines is 1. The molecule has 0 radical (unpaired) electrons. The molecule has 1 fully saturated rings. The molecule has 2 aromatic rings. The van der Waals surface area contributed by atoms with Gasteiger partial charge in [-0.25, -0.2) is 15.0 Å². The van der Waals surface area contributed by atoms with Gasteiger partial charge in [-0.15, -0.1) is 0 Å². The zero-order valence-electron chi connectivity index (χ0n) is 13.3. The molecule has 12 nitrogen and oxygen atoms in total. The zero-order chi connectivity index (χ0) is 20.1. The van der Waals surface area contributed by atoms with Crippen LogP contribution in [0.2, 0.25) is 0 Å². The van der Waals surface area contributed by atoms with Gasteiger partial charge in [0.15, 0.2) is 23.1 Å². The summed E-state index contributed by atoms with van der Waals surface area (Å²) in [6, 6.07) is 0. The summed E-state index contributed by atoms with van der Waals surface area (Å²) in [5, 5.41) is 16.9. The number of nitrogens with zero attached hydrogens (tertiary/aromatic N) is 4. The zero-order valence-corrected chi connectivity index (χ0v) is 15.1. The highest BCUT2D eigenvalue weighted by atomic mass is 31.3. The highest BCUT2D eigenvalue weighted by Gasteiger charge is 2.60. The molecule has 0 bridgehead atoms. The Labute approximate surface area is 149 Å². The van der Waals surface area contributed by atoms with E-state index in [1.807, 2.05) is 0 Å². The summed E-state index contributed by atoms with van der Waals surface area (Å²) in [4.78, 5) is 29.8. The van der Waals surface area contributed by atoms with Crippen LogP contribution >= 0.6 is 15.4 Å². The average molecular weight is 429 g/mol. The van der Waals surface area contributed by atoms with Crippen molar-refractivity contribution in [3.8, 4) is 0 Å². The minimum absolute atomic E-state index is 0.00777. The van der Waals surface area contributed by atoms with E-state index in [9.17, 15) is 27.7 Å². The predicted molar refractivity (Wildman–Crippen MR) is 85.9 cm³/mol. The van der Waals surface area contributed by atoms with Gasteiger partial charge < -0.3 is 30.5 Å². The van der Waals surface area contributed by atoms with E-state index in [0.29, 0.717) is 0 Å². The lowest BCUT2D eigenvalue weighted by Crippen LogP contribution is -2.36. The number of hydrogen-bond donors (Lipinski definition) is 5. The van der Waals surface area contributed by atoms with Gasteiger partial charge in [0.05, 0.1) is 19.0 Å². The van der Waals surface area contributed by atoms with Crippen molar-refractivity contribution >= 4 is 32.3 Å². The lowest BCUT2D eigenvalue weighted by atomic mass is 10.0. The number of aliphatic hydroxyl groups is 2. The van der Waals surface area contributed by atoms with Crippen molar-refractivity contribution in [2.75, 3.05) is 12.3 Å². The monoisotopic (exact) mass is 429 g/mol. The number of aliphatic hydroxyl groups excluding tert-OH is 2. The van der Waals surface area contributed by atoms with Crippen LogP contribution in [0.4, 0.5) is 14.2 Å². The topological polar surface area (TPSA) is 194 Å². The molecule has 0 amide bonds. The van der Waals surface area contributed by atoms with Crippen LogP contribution in [0.3, 0.4) is 0 Å². The maximum absolute atomic E-state index is 13.7. The van der Waals surface area contributed by atoms with Gasteiger partial charge in [-0.2, -0.15) is 8.39 Å². The van der Waals surface area contributed by atoms with Crippen molar-refractivity contribution in [2.45, 2.75) is 23.8 Å². The molecule has 2 aromatic heterocycles. The fourth-order valence-corrected chi connectivity index (χ4v) is 6.17. The molecular weight excluding hydrogens is 414 g/mol. The van der Waals surface area contributed by atoms with Crippen LogP contribution in [0.5, 0.6) is 0 Å². The first-order chi connectivity index (χ1) is 12.5. The van der Waals surface area contributed by atoms with E-state index in [2.05, 4.69) is 15.0 Å². The minimum atomic E-state index is -6.00. The van der Waals surface area contributed by atoms with Gasteiger partial charge in [0.25, 0.3) is 0 Å². The maximum atomic E-state index is 13.7. The van der Waals surface area contributed by atoms with E-state index in [-0.39, 0.29) is 17.0 Å². The second kappa shape index (κ2) is 6.82. The first-order valence-electron chi connectivity index (χ1n) is 7.38. The summed E-state index contributed by atoms with van der Waals surface area (Å²) in [6.45, 7) is -0.960. The number of nitrogen functional groups attached to an aromatic ring is 1. The van der Waals surface area contributed by atoms with Crippen LogP contribution in [0, 0.1) is 5.92 Å². The third kappa shape index (κ3) is 3.49. The number of ether oxygens (including phenoxy) is 1. The molecule has 16 heteroatoms. The Balaban J connectivity index is 2.07. The number of nitrogens with two attached hydrogens (primary N) is 1. The van der Waals surface area contributed by atoms with Gasteiger partial charge in [0, 0.05) is 5.92 Å². The van der Waals surface area contributed by atoms with Crippen molar-refractivity contribution in [1.29, 1.82) is 0 Å². The molecule has 6 N–H and O–H groups in total. The SMILES string of the molecule is Nc1ncnc2c1ncn2[C@@H]1O[C@H](CO)[C@@H](C(P(=O)(O)F)P(=O)(O)F)[C@H]1O. The Bertz CT molecular complexity index is 926. The molecule has 3 rings (SSSR count). The number of halogens is 2. The standard InChI is InChI=1S/C11H15F2N5O7P2/c12-26(21,22)11(27(13,23)24)5-4(1-19)25-10(7(5)20)18-3-17-6-8(14)15-2-16-9(6)18/h2-5,7,10-11,19-20H,1H2,(H,21,22)(H,23,24)(H2,14,15,16)/t4-,5-,7-,10-/m1/s1. The van der Waals surface area contributed by atoms with E-state index in [0.717, 1.165) is 17.2 Å². The van der Waals surface area contributed by atoms with E-state index < -0.39 is 51.7 Å². The molecule has 150 valence electrons. The van der Waals surface area contributed by atoms with Crippen LogP contribution in [0.1, 0.15) is 6.23 Å². The average Bonchev–Trinajstić information content (AvgIpc) is 3.08. The smallest absolute Gasteiger partial charge is 0.380 e. The number of imidazole rings is 1. The van der Waals surface area contributed by atoms with Crippen molar-refractivity contribution < 1.29 is 42.3 Å². The largest absolute Gasteiger partial charge is 0.394 e. The molecule has 2 unspecified atom stereocenters. The van der Waals surface area contributed by atoms with Crippen LogP contribution < -0.4 is 5.73 Å². The van der Waals surface area contributed by atoms with Crippen molar-refractivity contribution in [3.05, 3.63) is 12.7 Å². The minimum Gasteiger partial charge on any atom is -0.394 e. The van der Waals surface area contributed by atoms with E-state index in [4.69, 9.17) is 20.3 Å². The molecule has 6 atom stereocenters. The highest BCUT2D eigenvalue weighted by molar-refractivity contribution is 7.71. The van der Waals surface area contributed by atoms with Gasteiger partial charge in [-0.05, 0) is 0 Å². The number of rotatable bonds is 5. The molecule has 3 heterocycles. The van der Waals surface area contributed by atoms with Crippen molar-refractivity contribution in [2.24, 2.45) is 5.92 Å². The van der Waals surface area contributed by atoms with Gasteiger partial charge in [0.2, 0.25) is 0 Å². The Hall–Kier alpha value is -1.53. The Morgan fingerprint density at radius 2 is 1.89 bits per heavy atom. The fraction of sp³-hybridized carbons (Fsp3) is 0.545. The summed E-state index contributed by atoms with van der Waals surface area (Å²) in [7, 11) is -12.0. The molecule has 0 aliphatic carbocycles. The molecule has 1 aliphatic rings. The summed E-state index contributed by atoms with van der Waals surface area (Å²) in [5.74, 6) is -2.02. The molecular formula is C11H15F2N5O7P2. The second-order valence-corrected chi connectivity index (χ2v) is 9.60. The number of fused-ring (bicyclic) bond motifs is 1. The number of aromatic nitrogens is 4. The summed E-state index contributed by atoms with van der Waals surface area (Å²) < 4.78 is 56.6. The summed E-state index contributed by atoms with van der Waals surface area (Å²) in [6.07, 6.45) is -2.90. The lowest BCUT2D eigenvalue weighted by Gasteiger charge is -2.27. The van der Waals surface area contributed by atoms with Gasteiger partial charge in [-0.3, -0.25) is 13.7 Å². The highest BCUT2D eigenvalue weighted by Crippen LogP contribution is 2.70. The molecule has 0 saturated carbocycles. The molecule has 1 saturated heterocycles. The normalized spacial score (nSPS) is 31.5. The Kier molecular flexibility index (Phi) is 5.10. The Morgan fingerprint density at radius 3 is 2.44 bits per heavy atom. The molecule has 0 spiro atoms. The summed E-state index contributed by atoms with van der Waals surface area (Å²) >= 11 is 0. The van der Waals surface area contributed by atoms with Gasteiger partial charge in [-0.1, -0.05) is 0 Å². The van der Waals surface area contributed by atoms with Crippen LogP contribution in [0.15, 0.2) is 12.7 Å². The quantitative estimate of drug-likeness (QED) is 0.399. The predicted octanol–water partition coefficient (Wildman–Crippen LogP) is -0.0888. The van der Waals surface area contributed by atoms with Crippen molar-refractivity contribution in [3.63, 3.8) is 0 Å². The Morgan fingerprint density at radius 1 is 1.26 bits per heavy atom. The number of hydrogen-bond acceptors (Lipinski definition) is 9. The molecule has 0 aromatic carbocycles. The van der Waals surface area contributed by atoms with Crippen LogP contribution in [-0.2, 0) is 13.9 Å². The van der Waals surface area contributed by atoms with Crippen LogP contribution in [0.25, 0.3) is 11.2 Å². The van der Waals surface area contributed by atoms with E-state index in [1.165, 1.54) is 0 Å². The maximum Gasteiger partial charge on any atom is 0.380 e. The first-order valence-corrected chi connectivity index (χ1v) is 10.6. The third-order valence-corrected chi connectivity index (χ3v) is 7.97. The third-order valence-electron chi connectivity index (χ3n) is 4.27. The van der Waals surface area contributed by atoms with Gasteiger partial charge in [0.1, 0.15) is 17.9 Å².